The van der Waals surface area contributed by atoms with Crippen molar-refractivity contribution in [2.24, 2.45) is 0 Å². The van der Waals surface area contributed by atoms with Crippen LogP contribution in [-0.4, -0.2) is 27.6 Å². The molecule has 6 heteroatoms. The number of carbonyl (C=O) groups excluding carboxylic acids is 1. The molecule has 3 N–H and O–H groups in total. The summed E-state index contributed by atoms with van der Waals surface area (Å²) in [4.78, 5) is 14.3. The van der Waals surface area contributed by atoms with E-state index < -0.39 is 6.17 Å². The first kappa shape index (κ1) is 15.2. The number of halogens is 1. The molecule has 0 aromatic heterocycles. The third kappa shape index (κ3) is 2.59. The molecule has 1 atom stereocenters. The van der Waals surface area contributed by atoms with Crippen molar-refractivity contribution in [3.63, 3.8) is 0 Å². The molecule has 118 valence electrons. The Labute approximate surface area is 138 Å². The van der Waals surface area contributed by atoms with Crippen molar-refractivity contribution in [3.05, 3.63) is 65.2 Å². The van der Waals surface area contributed by atoms with Crippen LogP contribution in [0.1, 0.15) is 22.1 Å². The minimum absolute atomic E-state index is 0.0201. The summed E-state index contributed by atoms with van der Waals surface area (Å²) >= 11 is 5.94. The lowest BCUT2D eigenvalue weighted by molar-refractivity contribution is 0.0707. The highest BCUT2D eigenvalue weighted by molar-refractivity contribution is 6.32. The number of fused-ring (bicyclic) bond motifs is 1. The van der Waals surface area contributed by atoms with Crippen molar-refractivity contribution in [2.75, 3.05) is 11.9 Å². The van der Waals surface area contributed by atoms with Gasteiger partial charge in [-0.3, -0.25) is 4.79 Å². The number of nitrogens with zero attached hydrogens (tertiary/aromatic N) is 1. The Hall–Kier alpha value is -2.66. The minimum atomic E-state index is -0.528. The summed E-state index contributed by atoms with van der Waals surface area (Å²) < 4.78 is 0. The molecule has 0 radical (unpaired) electrons. The van der Waals surface area contributed by atoms with Crippen LogP contribution in [0.15, 0.2) is 49.1 Å². The molecule has 1 heterocycles. The van der Waals surface area contributed by atoms with Crippen molar-refractivity contribution in [2.45, 2.75) is 6.17 Å². The van der Waals surface area contributed by atoms with Gasteiger partial charge in [-0.05, 0) is 24.3 Å². The fourth-order valence-electron chi connectivity index (χ4n) is 2.65. The largest absolute Gasteiger partial charge is 0.504 e. The summed E-state index contributed by atoms with van der Waals surface area (Å²) in [7, 11) is 0. The second-order valence-corrected chi connectivity index (χ2v) is 5.62. The molecule has 1 aliphatic heterocycles. The van der Waals surface area contributed by atoms with E-state index in [1.165, 1.54) is 12.1 Å². The van der Waals surface area contributed by atoms with Gasteiger partial charge in [-0.1, -0.05) is 29.8 Å². The molecule has 0 fully saturated rings. The number of hydrogen-bond acceptors (Lipinski definition) is 4. The lowest BCUT2D eigenvalue weighted by Gasteiger charge is -2.37. The molecular formula is C17H15ClN2O3. The van der Waals surface area contributed by atoms with E-state index in [1.807, 2.05) is 12.1 Å². The number of rotatable bonds is 3. The standard InChI is InChI=1S/C17H15ClN2O3/c1-2-7-20-16(10-8-12(18)15(22)14(21)9-10)19-13-6-4-3-5-11(13)17(20)23/h2-6,8-9,16,19,21-22H,1,7H2. The second-order valence-electron chi connectivity index (χ2n) is 5.21. The number of anilines is 1. The quantitative estimate of drug-likeness (QED) is 0.595. The number of nitrogens with one attached hydrogen (secondary N) is 1. The average molecular weight is 331 g/mol. The molecular weight excluding hydrogens is 316 g/mol. The SMILES string of the molecule is C=CCN1C(=O)c2ccccc2NC1c1cc(O)c(O)c(Cl)c1. The van der Waals surface area contributed by atoms with Gasteiger partial charge in [-0.15, -0.1) is 6.58 Å². The van der Waals surface area contributed by atoms with Crippen molar-refractivity contribution in [3.8, 4) is 11.5 Å². The molecule has 2 aromatic carbocycles. The van der Waals surface area contributed by atoms with E-state index in [0.717, 1.165) is 0 Å². The topological polar surface area (TPSA) is 72.8 Å². The Morgan fingerprint density at radius 3 is 2.74 bits per heavy atom. The molecule has 3 rings (SSSR count). The average Bonchev–Trinajstić information content (AvgIpc) is 2.54. The lowest BCUT2D eigenvalue weighted by atomic mass is 10.0. The van der Waals surface area contributed by atoms with Gasteiger partial charge < -0.3 is 20.4 Å². The maximum absolute atomic E-state index is 12.7. The Morgan fingerprint density at radius 1 is 1.30 bits per heavy atom. The summed E-state index contributed by atoms with van der Waals surface area (Å²) in [5.74, 6) is -0.861. The summed E-state index contributed by atoms with van der Waals surface area (Å²) in [6, 6.07) is 10.1. The van der Waals surface area contributed by atoms with Crippen LogP contribution in [0.4, 0.5) is 5.69 Å². The van der Waals surface area contributed by atoms with Crippen LogP contribution in [0.2, 0.25) is 5.02 Å². The molecule has 0 saturated heterocycles. The number of phenolic OH excluding ortho intramolecular Hbond substituents is 2. The zero-order valence-electron chi connectivity index (χ0n) is 12.2. The van der Waals surface area contributed by atoms with E-state index in [0.29, 0.717) is 23.4 Å². The van der Waals surface area contributed by atoms with Gasteiger partial charge in [0, 0.05) is 17.8 Å². The highest BCUT2D eigenvalue weighted by Crippen LogP contribution is 2.39. The van der Waals surface area contributed by atoms with Gasteiger partial charge in [0.1, 0.15) is 6.17 Å². The Morgan fingerprint density at radius 2 is 2.04 bits per heavy atom. The van der Waals surface area contributed by atoms with E-state index in [9.17, 15) is 15.0 Å². The Kier molecular flexibility index (Phi) is 3.88. The van der Waals surface area contributed by atoms with Gasteiger partial charge in [-0.2, -0.15) is 0 Å². The van der Waals surface area contributed by atoms with Crippen LogP contribution in [0.3, 0.4) is 0 Å². The predicted octanol–water partition coefficient (Wildman–Crippen LogP) is 3.50. The molecule has 1 unspecified atom stereocenters. The van der Waals surface area contributed by atoms with Crippen LogP contribution in [-0.2, 0) is 0 Å². The first-order valence-corrected chi connectivity index (χ1v) is 7.39. The summed E-state index contributed by atoms with van der Waals surface area (Å²) in [6.07, 6.45) is 1.10. The molecule has 1 amide bonds. The van der Waals surface area contributed by atoms with Crippen LogP contribution in [0.5, 0.6) is 11.5 Å². The minimum Gasteiger partial charge on any atom is -0.504 e. The molecule has 0 spiro atoms. The number of para-hydroxylation sites is 1. The molecule has 1 aliphatic rings. The number of aromatic hydroxyl groups is 2. The third-order valence-corrected chi connectivity index (χ3v) is 4.02. The van der Waals surface area contributed by atoms with E-state index in [-0.39, 0.29) is 22.4 Å². The summed E-state index contributed by atoms with van der Waals surface area (Å²) in [5.41, 5.74) is 1.83. The Balaban J connectivity index is 2.10. The Bertz CT molecular complexity index is 768. The van der Waals surface area contributed by atoms with Gasteiger partial charge in [-0.25, -0.2) is 0 Å². The molecule has 0 saturated carbocycles. The fourth-order valence-corrected chi connectivity index (χ4v) is 2.87. The maximum Gasteiger partial charge on any atom is 0.258 e. The first-order chi connectivity index (χ1) is 11.0. The zero-order chi connectivity index (χ0) is 16.6. The number of hydrogen-bond donors (Lipinski definition) is 3. The highest BCUT2D eigenvalue weighted by Gasteiger charge is 2.32. The van der Waals surface area contributed by atoms with Gasteiger partial charge >= 0.3 is 0 Å². The van der Waals surface area contributed by atoms with Crippen LogP contribution in [0, 0.1) is 0 Å². The maximum atomic E-state index is 12.7. The van der Waals surface area contributed by atoms with Crippen LogP contribution >= 0.6 is 11.6 Å². The van der Waals surface area contributed by atoms with Crippen molar-refractivity contribution in [1.29, 1.82) is 0 Å². The number of carbonyl (C=O) groups is 1. The van der Waals surface area contributed by atoms with Crippen molar-refractivity contribution < 1.29 is 15.0 Å². The number of benzene rings is 2. The lowest BCUT2D eigenvalue weighted by Crippen LogP contribution is -2.42. The van der Waals surface area contributed by atoms with Gasteiger partial charge in [0.05, 0.1) is 10.6 Å². The summed E-state index contributed by atoms with van der Waals surface area (Å²) in [5, 5.41) is 22.7. The predicted molar refractivity (Wildman–Crippen MR) is 88.8 cm³/mol. The van der Waals surface area contributed by atoms with Gasteiger partial charge in [0.15, 0.2) is 11.5 Å². The molecule has 0 aliphatic carbocycles. The second kappa shape index (κ2) is 5.85. The van der Waals surface area contributed by atoms with Crippen LogP contribution in [0.25, 0.3) is 0 Å². The summed E-state index contributed by atoms with van der Waals surface area (Å²) in [6.45, 7) is 4.01. The van der Waals surface area contributed by atoms with E-state index in [2.05, 4.69) is 11.9 Å². The monoisotopic (exact) mass is 330 g/mol. The smallest absolute Gasteiger partial charge is 0.258 e. The van der Waals surface area contributed by atoms with Crippen molar-refractivity contribution in [1.82, 2.24) is 4.90 Å². The normalized spacial score (nSPS) is 16.7. The molecule has 5 nitrogen and oxygen atoms in total. The first-order valence-electron chi connectivity index (χ1n) is 7.01. The van der Waals surface area contributed by atoms with E-state index in [4.69, 9.17) is 11.6 Å². The number of amides is 1. The highest BCUT2D eigenvalue weighted by atomic mass is 35.5. The van der Waals surface area contributed by atoms with E-state index >= 15 is 0 Å². The van der Waals surface area contributed by atoms with Gasteiger partial charge in [0.25, 0.3) is 5.91 Å². The fraction of sp³-hybridized carbons (Fsp3) is 0.118. The third-order valence-electron chi connectivity index (χ3n) is 3.73. The molecule has 2 aromatic rings. The van der Waals surface area contributed by atoms with Crippen molar-refractivity contribution >= 4 is 23.2 Å². The van der Waals surface area contributed by atoms with Gasteiger partial charge in [0.2, 0.25) is 0 Å². The zero-order valence-corrected chi connectivity index (χ0v) is 12.9. The molecule has 23 heavy (non-hydrogen) atoms. The number of phenols is 2. The van der Waals surface area contributed by atoms with Crippen LogP contribution < -0.4 is 5.32 Å². The van der Waals surface area contributed by atoms with E-state index in [1.54, 1.807) is 23.1 Å². The molecule has 0 bridgehead atoms.